The number of hydrogen-bond donors (Lipinski definition) is 2. The van der Waals surface area contributed by atoms with Crippen LogP contribution >= 0.6 is 0 Å². The van der Waals surface area contributed by atoms with Crippen LogP contribution < -0.4 is 15.6 Å². The van der Waals surface area contributed by atoms with Crippen LogP contribution in [0.2, 0.25) is 0 Å². The molecule has 0 saturated carbocycles. The zero-order chi connectivity index (χ0) is 19.4. The Bertz CT molecular complexity index is 1020. The Morgan fingerprint density at radius 3 is 2.41 bits per heavy atom. The van der Waals surface area contributed by atoms with E-state index in [1.165, 1.54) is 0 Å². The fraction of sp³-hybridized carbons (Fsp3) is 0.200. The summed E-state index contributed by atoms with van der Waals surface area (Å²) in [7, 11) is 0. The van der Waals surface area contributed by atoms with Crippen LogP contribution in [0.1, 0.15) is 27.3 Å². The topological polar surface area (TPSA) is 93.2 Å². The van der Waals surface area contributed by atoms with Crippen LogP contribution in [0, 0.1) is 20.8 Å². The normalized spacial score (nSPS) is 10.5. The summed E-state index contributed by atoms with van der Waals surface area (Å²) in [5.41, 5.74) is 9.11. The molecular formula is C20H20N4O3. The molecule has 0 spiro atoms. The smallest absolute Gasteiger partial charge is 0.276 e. The largest absolute Gasteiger partial charge is 0.484 e. The number of amides is 2. The number of nitrogens with zero attached hydrogens (tertiary/aromatic N) is 2. The predicted octanol–water partition coefficient (Wildman–Crippen LogP) is 2.40. The van der Waals surface area contributed by atoms with Gasteiger partial charge in [0, 0.05) is 5.56 Å². The van der Waals surface area contributed by atoms with Gasteiger partial charge in [0.05, 0.1) is 22.4 Å². The highest BCUT2D eigenvalue weighted by Crippen LogP contribution is 2.14. The van der Waals surface area contributed by atoms with Gasteiger partial charge in [-0.25, -0.2) is 9.97 Å². The van der Waals surface area contributed by atoms with Crippen LogP contribution in [-0.2, 0) is 4.79 Å². The average molecular weight is 364 g/mol. The Morgan fingerprint density at radius 2 is 1.67 bits per heavy atom. The van der Waals surface area contributed by atoms with Crippen molar-refractivity contribution in [3.05, 3.63) is 65.0 Å². The molecular weight excluding hydrogens is 344 g/mol. The van der Waals surface area contributed by atoms with Crippen LogP contribution in [0.25, 0.3) is 11.0 Å². The molecule has 138 valence electrons. The third-order valence-electron chi connectivity index (χ3n) is 4.01. The Labute approximate surface area is 156 Å². The first-order valence-electron chi connectivity index (χ1n) is 8.46. The molecule has 0 aliphatic rings. The van der Waals surface area contributed by atoms with Gasteiger partial charge in [0.1, 0.15) is 5.75 Å². The number of nitrogens with one attached hydrogen (secondary N) is 2. The quantitative estimate of drug-likeness (QED) is 0.694. The van der Waals surface area contributed by atoms with Crippen molar-refractivity contribution in [2.45, 2.75) is 20.8 Å². The van der Waals surface area contributed by atoms with E-state index in [1.54, 1.807) is 24.3 Å². The summed E-state index contributed by atoms with van der Waals surface area (Å²) in [5, 5.41) is 0. The number of hydrazine groups is 1. The molecule has 7 heteroatoms. The molecule has 3 aromatic rings. The van der Waals surface area contributed by atoms with E-state index in [1.807, 2.05) is 39.0 Å². The second kappa shape index (κ2) is 7.82. The van der Waals surface area contributed by atoms with Crippen molar-refractivity contribution in [1.29, 1.82) is 0 Å². The average Bonchev–Trinajstić information content (AvgIpc) is 2.65. The molecule has 0 atom stereocenters. The van der Waals surface area contributed by atoms with Gasteiger partial charge in [-0.05, 0) is 56.7 Å². The summed E-state index contributed by atoms with van der Waals surface area (Å²) in [5.74, 6) is -0.312. The first-order valence-corrected chi connectivity index (χ1v) is 8.46. The minimum atomic E-state index is -0.461. The molecule has 3 rings (SSSR count). The number of benzene rings is 2. The van der Waals surface area contributed by atoms with E-state index >= 15 is 0 Å². The molecule has 7 nitrogen and oxygen atoms in total. The molecule has 0 radical (unpaired) electrons. The number of carbonyl (C=O) groups excluding carboxylic acids is 2. The molecule has 1 heterocycles. The van der Waals surface area contributed by atoms with Gasteiger partial charge in [-0.1, -0.05) is 12.1 Å². The molecule has 0 aliphatic carbocycles. The van der Waals surface area contributed by atoms with Gasteiger partial charge in [-0.15, -0.1) is 0 Å². The molecule has 0 fully saturated rings. The van der Waals surface area contributed by atoms with E-state index in [-0.39, 0.29) is 6.61 Å². The van der Waals surface area contributed by atoms with Gasteiger partial charge in [-0.2, -0.15) is 0 Å². The molecule has 2 amide bonds. The van der Waals surface area contributed by atoms with Crippen LogP contribution in [0.3, 0.4) is 0 Å². The lowest BCUT2D eigenvalue weighted by Gasteiger charge is -2.10. The zero-order valence-electron chi connectivity index (χ0n) is 15.4. The third-order valence-corrected chi connectivity index (χ3v) is 4.01. The van der Waals surface area contributed by atoms with E-state index in [9.17, 15) is 9.59 Å². The Kier molecular flexibility index (Phi) is 5.30. The lowest BCUT2D eigenvalue weighted by molar-refractivity contribution is -0.123. The molecule has 2 aromatic carbocycles. The summed E-state index contributed by atoms with van der Waals surface area (Å²) in [6.07, 6.45) is 0. The number of hydrogen-bond acceptors (Lipinski definition) is 5. The maximum atomic E-state index is 12.2. The number of aryl methyl sites for hydroxylation is 3. The van der Waals surface area contributed by atoms with E-state index in [2.05, 4.69) is 20.8 Å². The second-order valence-electron chi connectivity index (χ2n) is 6.21. The minimum Gasteiger partial charge on any atom is -0.484 e. The van der Waals surface area contributed by atoms with Gasteiger partial charge >= 0.3 is 0 Å². The molecule has 0 bridgehead atoms. The van der Waals surface area contributed by atoms with E-state index in [4.69, 9.17) is 4.74 Å². The predicted molar refractivity (Wildman–Crippen MR) is 101 cm³/mol. The fourth-order valence-corrected chi connectivity index (χ4v) is 2.46. The standard InChI is InChI=1S/C20H20N4O3/c1-12-5-4-6-16(9-12)27-11-19(25)23-24-20(26)15-7-8-17-18(10-15)22-14(3)13(2)21-17/h4-10H,11H2,1-3H3,(H,23,25)(H,24,26). The SMILES string of the molecule is Cc1cccc(OCC(=O)NNC(=O)c2ccc3nc(C)c(C)nc3c2)c1. The Hall–Kier alpha value is -3.48. The maximum absolute atomic E-state index is 12.2. The van der Waals surface area contributed by atoms with Gasteiger partial charge in [0.25, 0.3) is 11.8 Å². The summed E-state index contributed by atoms with van der Waals surface area (Å²) in [6.45, 7) is 5.48. The first-order chi connectivity index (χ1) is 12.9. The molecule has 0 saturated heterocycles. The number of carbonyl (C=O) groups is 2. The van der Waals surface area contributed by atoms with Gasteiger partial charge in [-0.3, -0.25) is 20.4 Å². The Balaban J connectivity index is 1.57. The highest BCUT2D eigenvalue weighted by atomic mass is 16.5. The number of rotatable bonds is 4. The van der Waals surface area contributed by atoms with Crippen molar-refractivity contribution in [3.8, 4) is 5.75 Å². The number of ether oxygens (including phenoxy) is 1. The van der Waals surface area contributed by atoms with Crippen LogP contribution in [-0.4, -0.2) is 28.4 Å². The van der Waals surface area contributed by atoms with Crippen molar-refractivity contribution in [3.63, 3.8) is 0 Å². The fourth-order valence-electron chi connectivity index (χ4n) is 2.46. The van der Waals surface area contributed by atoms with Gasteiger partial charge in [0.15, 0.2) is 6.61 Å². The van der Waals surface area contributed by atoms with Gasteiger partial charge in [0.2, 0.25) is 0 Å². The van der Waals surface area contributed by atoms with E-state index in [0.717, 1.165) is 17.0 Å². The first kappa shape index (κ1) is 18.3. The van der Waals surface area contributed by atoms with E-state index in [0.29, 0.717) is 22.3 Å². The van der Waals surface area contributed by atoms with Gasteiger partial charge < -0.3 is 4.74 Å². The van der Waals surface area contributed by atoms with Crippen molar-refractivity contribution in [2.75, 3.05) is 6.61 Å². The summed E-state index contributed by atoms with van der Waals surface area (Å²) in [6, 6.07) is 12.4. The summed E-state index contributed by atoms with van der Waals surface area (Å²) >= 11 is 0. The van der Waals surface area contributed by atoms with Crippen molar-refractivity contribution in [1.82, 2.24) is 20.8 Å². The second-order valence-corrected chi connectivity index (χ2v) is 6.21. The Morgan fingerprint density at radius 1 is 0.926 bits per heavy atom. The molecule has 0 unspecified atom stereocenters. The van der Waals surface area contributed by atoms with Crippen LogP contribution in [0.5, 0.6) is 5.75 Å². The zero-order valence-corrected chi connectivity index (χ0v) is 15.4. The summed E-state index contributed by atoms with van der Waals surface area (Å²) in [4.78, 5) is 33.0. The summed E-state index contributed by atoms with van der Waals surface area (Å²) < 4.78 is 5.39. The molecule has 2 N–H and O–H groups in total. The highest BCUT2D eigenvalue weighted by molar-refractivity contribution is 5.98. The van der Waals surface area contributed by atoms with E-state index < -0.39 is 11.8 Å². The van der Waals surface area contributed by atoms with Crippen molar-refractivity contribution >= 4 is 22.8 Å². The van der Waals surface area contributed by atoms with Crippen molar-refractivity contribution in [2.24, 2.45) is 0 Å². The lowest BCUT2D eigenvalue weighted by Crippen LogP contribution is -2.43. The molecule has 27 heavy (non-hydrogen) atoms. The minimum absolute atomic E-state index is 0.203. The number of fused-ring (bicyclic) bond motifs is 1. The maximum Gasteiger partial charge on any atom is 0.276 e. The number of aromatic nitrogens is 2. The lowest BCUT2D eigenvalue weighted by atomic mass is 10.1. The molecule has 0 aliphatic heterocycles. The van der Waals surface area contributed by atoms with Crippen LogP contribution in [0.4, 0.5) is 0 Å². The third kappa shape index (κ3) is 4.58. The highest BCUT2D eigenvalue weighted by Gasteiger charge is 2.10. The van der Waals surface area contributed by atoms with Crippen LogP contribution in [0.15, 0.2) is 42.5 Å². The molecule has 1 aromatic heterocycles. The van der Waals surface area contributed by atoms with Crippen molar-refractivity contribution < 1.29 is 14.3 Å². The monoisotopic (exact) mass is 364 g/mol.